The van der Waals surface area contributed by atoms with Crippen molar-refractivity contribution >= 4 is 0 Å². The Labute approximate surface area is 82.3 Å². The molecule has 0 aliphatic carbocycles. The number of rotatable bonds is 8. The molecule has 0 amide bonds. The average Bonchev–Trinajstić information content (AvgIpc) is 2.03. The Kier molecular flexibility index (Phi) is 8.46. The summed E-state index contributed by atoms with van der Waals surface area (Å²) in [6, 6.07) is 0. The van der Waals surface area contributed by atoms with E-state index >= 15 is 0 Å². The van der Waals surface area contributed by atoms with E-state index in [0.717, 1.165) is 38.4 Å². The van der Waals surface area contributed by atoms with E-state index in [0.29, 0.717) is 12.5 Å². The third kappa shape index (κ3) is 9.84. The Morgan fingerprint density at radius 1 is 1.00 bits per heavy atom. The molecular formula is C11H24O2. The molecule has 0 fully saturated rings. The van der Waals surface area contributed by atoms with Gasteiger partial charge >= 0.3 is 0 Å². The molecule has 0 saturated heterocycles. The average molecular weight is 188 g/mol. The van der Waals surface area contributed by atoms with Gasteiger partial charge in [-0.25, -0.2) is 0 Å². The van der Waals surface area contributed by atoms with Crippen LogP contribution in [0, 0.1) is 11.8 Å². The predicted molar refractivity (Wildman–Crippen MR) is 55.8 cm³/mol. The highest BCUT2D eigenvalue weighted by atomic mass is 16.5. The Morgan fingerprint density at radius 3 is 2.15 bits per heavy atom. The zero-order chi connectivity index (χ0) is 10.1. The van der Waals surface area contributed by atoms with Gasteiger partial charge in [0.2, 0.25) is 0 Å². The SMILES string of the molecule is CC(C)CCOCCC(C)CCO. The topological polar surface area (TPSA) is 29.5 Å². The van der Waals surface area contributed by atoms with Crippen LogP contribution in [0.5, 0.6) is 0 Å². The largest absolute Gasteiger partial charge is 0.396 e. The van der Waals surface area contributed by atoms with Crippen LogP contribution in [0.25, 0.3) is 0 Å². The molecule has 0 heterocycles. The molecule has 1 N–H and O–H groups in total. The van der Waals surface area contributed by atoms with Gasteiger partial charge in [0.15, 0.2) is 0 Å². The van der Waals surface area contributed by atoms with Gasteiger partial charge in [-0.2, -0.15) is 0 Å². The summed E-state index contributed by atoms with van der Waals surface area (Å²) < 4.78 is 5.48. The molecule has 2 nitrogen and oxygen atoms in total. The van der Waals surface area contributed by atoms with Crippen LogP contribution >= 0.6 is 0 Å². The zero-order valence-corrected chi connectivity index (χ0v) is 9.25. The minimum absolute atomic E-state index is 0.299. The van der Waals surface area contributed by atoms with Crippen molar-refractivity contribution in [1.29, 1.82) is 0 Å². The van der Waals surface area contributed by atoms with Crippen LogP contribution in [0.1, 0.15) is 40.0 Å². The third-order valence-corrected chi connectivity index (χ3v) is 2.22. The van der Waals surface area contributed by atoms with Crippen molar-refractivity contribution in [3.63, 3.8) is 0 Å². The summed E-state index contributed by atoms with van der Waals surface area (Å²) in [5.74, 6) is 1.32. The highest BCUT2D eigenvalue weighted by Crippen LogP contribution is 2.07. The van der Waals surface area contributed by atoms with E-state index in [2.05, 4.69) is 20.8 Å². The lowest BCUT2D eigenvalue weighted by molar-refractivity contribution is 0.108. The Balaban J connectivity index is 3.06. The Hall–Kier alpha value is -0.0800. The van der Waals surface area contributed by atoms with Crippen molar-refractivity contribution in [2.45, 2.75) is 40.0 Å². The van der Waals surface area contributed by atoms with Crippen molar-refractivity contribution in [3.8, 4) is 0 Å². The minimum atomic E-state index is 0.299. The van der Waals surface area contributed by atoms with Crippen LogP contribution in [0.2, 0.25) is 0 Å². The van der Waals surface area contributed by atoms with Crippen molar-refractivity contribution in [2.24, 2.45) is 11.8 Å². The van der Waals surface area contributed by atoms with Gasteiger partial charge in [0.1, 0.15) is 0 Å². The smallest absolute Gasteiger partial charge is 0.0468 e. The van der Waals surface area contributed by atoms with E-state index in [4.69, 9.17) is 9.84 Å². The molecule has 0 rings (SSSR count). The Morgan fingerprint density at radius 2 is 1.62 bits per heavy atom. The number of aliphatic hydroxyl groups is 1. The molecular weight excluding hydrogens is 164 g/mol. The number of ether oxygens (including phenoxy) is 1. The molecule has 0 aromatic heterocycles. The van der Waals surface area contributed by atoms with Crippen LogP contribution in [0.15, 0.2) is 0 Å². The van der Waals surface area contributed by atoms with Gasteiger partial charge in [0.05, 0.1) is 0 Å². The minimum Gasteiger partial charge on any atom is -0.396 e. The van der Waals surface area contributed by atoms with Crippen LogP contribution in [-0.2, 0) is 4.74 Å². The van der Waals surface area contributed by atoms with Crippen molar-refractivity contribution in [1.82, 2.24) is 0 Å². The summed E-state index contributed by atoms with van der Waals surface area (Å²) in [4.78, 5) is 0. The van der Waals surface area contributed by atoms with Gasteiger partial charge in [-0.1, -0.05) is 20.8 Å². The van der Waals surface area contributed by atoms with Crippen molar-refractivity contribution < 1.29 is 9.84 Å². The fourth-order valence-electron chi connectivity index (χ4n) is 1.07. The fourth-order valence-corrected chi connectivity index (χ4v) is 1.07. The lowest BCUT2D eigenvalue weighted by Gasteiger charge is -2.10. The van der Waals surface area contributed by atoms with E-state index in [-0.39, 0.29) is 0 Å². The normalized spacial score (nSPS) is 13.6. The lowest BCUT2D eigenvalue weighted by atomic mass is 10.1. The van der Waals surface area contributed by atoms with Crippen LogP contribution in [0.3, 0.4) is 0 Å². The number of hydrogen-bond acceptors (Lipinski definition) is 2. The van der Waals surface area contributed by atoms with Crippen molar-refractivity contribution in [2.75, 3.05) is 19.8 Å². The number of hydrogen-bond donors (Lipinski definition) is 1. The second kappa shape index (κ2) is 8.52. The number of aliphatic hydroxyl groups excluding tert-OH is 1. The van der Waals surface area contributed by atoms with E-state index < -0.39 is 0 Å². The fraction of sp³-hybridized carbons (Fsp3) is 1.00. The molecule has 0 aromatic rings. The molecule has 80 valence electrons. The maximum absolute atomic E-state index is 8.67. The summed E-state index contributed by atoms with van der Waals surface area (Å²) in [7, 11) is 0. The van der Waals surface area contributed by atoms with Crippen molar-refractivity contribution in [3.05, 3.63) is 0 Å². The summed E-state index contributed by atoms with van der Waals surface area (Å²) in [5.41, 5.74) is 0. The van der Waals surface area contributed by atoms with E-state index in [9.17, 15) is 0 Å². The summed E-state index contributed by atoms with van der Waals surface area (Å²) in [6.07, 6.45) is 3.11. The standard InChI is InChI=1S/C11H24O2/c1-10(2)5-8-13-9-6-11(3)4-7-12/h10-12H,4-9H2,1-3H3. The molecule has 0 bridgehead atoms. The van der Waals surface area contributed by atoms with Gasteiger partial charge in [0, 0.05) is 19.8 Å². The highest BCUT2D eigenvalue weighted by Gasteiger charge is 2.00. The molecule has 13 heavy (non-hydrogen) atoms. The first-order valence-corrected chi connectivity index (χ1v) is 5.35. The molecule has 2 heteroatoms. The summed E-state index contributed by atoms with van der Waals surface area (Å²) in [5, 5.41) is 8.67. The molecule has 0 spiro atoms. The quantitative estimate of drug-likeness (QED) is 0.593. The first-order chi connectivity index (χ1) is 6.16. The van der Waals surface area contributed by atoms with E-state index in [1.54, 1.807) is 0 Å². The zero-order valence-electron chi connectivity index (χ0n) is 9.25. The summed E-state index contributed by atoms with van der Waals surface area (Å²) in [6.45, 7) is 8.59. The van der Waals surface area contributed by atoms with Gasteiger partial charge in [-0.3, -0.25) is 0 Å². The summed E-state index contributed by atoms with van der Waals surface area (Å²) >= 11 is 0. The first-order valence-electron chi connectivity index (χ1n) is 5.35. The van der Waals surface area contributed by atoms with Gasteiger partial charge in [-0.05, 0) is 31.1 Å². The van der Waals surface area contributed by atoms with Crippen LogP contribution < -0.4 is 0 Å². The molecule has 0 radical (unpaired) electrons. The highest BCUT2D eigenvalue weighted by molar-refractivity contribution is 4.51. The molecule has 0 saturated carbocycles. The second-order valence-corrected chi connectivity index (χ2v) is 4.20. The monoisotopic (exact) mass is 188 g/mol. The van der Waals surface area contributed by atoms with E-state index in [1.165, 1.54) is 0 Å². The second-order valence-electron chi connectivity index (χ2n) is 4.20. The maximum Gasteiger partial charge on any atom is 0.0468 e. The van der Waals surface area contributed by atoms with Crippen LogP contribution in [0.4, 0.5) is 0 Å². The maximum atomic E-state index is 8.67. The van der Waals surface area contributed by atoms with Gasteiger partial charge in [-0.15, -0.1) is 0 Å². The molecule has 0 aromatic carbocycles. The molecule has 0 aliphatic heterocycles. The molecule has 1 unspecified atom stereocenters. The first kappa shape index (κ1) is 12.9. The third-order valence-electron chi connectivity index (χ3n) is 2.22. The van der Waals surface area contributed by atoms with Gasteiger partial charge in [0.25, 0.3) is 0 Å². The predicted octanol–water partition coefficient (Wildman–Crippen LogP) is 2.46. The van der Waals surface area contributed by atoms with Crippen LogP contribution in [-0.4, -0.2) is 24.9 Å². The molecule has 0 aliphatic rings. The lowest BCUT2D eigenvalue weighted by Crippen LogP contribution is -2.05. The Bertz CT molecular complexity index is 102. The molecule has 1 atom stereocenters. The van der Waals surface area contributed by atoms with E-state index in [1.807, 2.05) is 0 Å². The van der Waals surface area contributed by atoms with Gasteiger partial charge < -0.3 is 9.84 Å².